The number of azo groups is 1. The van der Waals surface area contributed by atoms with Crippen molar-refractivity contribution in [2.24, 2.45) is 17.3 Å². The van der Waals surface area contributed by atoms with Crippen LogP contribution in [-0.4, -0.2) is 14.8 Å². The van der Waals surface area contributed by atoms with Gasteiger partial charge in [0.1, 0.15) is 17.3 Å². The second-order valence-electron chi connectivity index (χ2n) is 8.88. The van der Waals surface area contributed by atoms with Crippen LogP contribution in [0.4, 0.5) is 11.5 Å². The molecule has 1 aromatic carbocycles. The fraction of sp³-hybridized carbons (Fsp3) is 0.429. The van der Waals surface area contributed by atoms with E-state index in [1.807, 2.05) is 45.0 Å². The zero-order chi connectivity index (χ0) is 20.0. The number of benzene rings is 1. The third-order valence-corrected chi connectivity index (χ3v) is 4.51. The Morgan fingerprint density at radius 1 is 1.04 bits per heavy atom. The van der Waals surface area contributed by atoms with Crippen molar-refractivity contribution < 1.29 is 0 Å². The second kappa shape index (κ2) is 6.34. The molecule has 0 aliphatic heterocycles. The highest BCUT2D eigenvalue weighted by Crippen LogP contribution is 2.39. The van der Waals surface area contributed by atoms with Crippen molar-refractivity contribution in [2.75, 3.05) is 0 Å². The zero-order valence-electron chi connectivity index (χ0n) is 17.0. The first kappa shape index (κ1) is 18.8. The van der Waals surface area contributed by atoms with Gasteiger partial charge in [-0.1, -0.05) is 59.7 Å². The van der Waals surface area contributed by atoms with E-state index in [4.69, 9.17) is 0 Å². The summed E-state index contributed by atoms with van der Waals surface area (Å²) in [7, 11) is 1.80. The van der Waals surface area contributed by atoms with E-state index < -0.39 is 0 Å². The van der Waals surface area contributed by atoms with E-state index in [1.54, 1.807) is 11.7 Å². The fourth-order valence-corrected chi connectivity index (χ4v) is 3.13. The molecule has 0 aliphatic rings. The van der Waals surface area contributed by atoms with E-state index in [0.29, 0.717) is 11.4 Å². The summed E-state index contributed by atoms with van der Waals surface area (Å²) in [5, 5.41) is 24.3. The molecule has 0 amide bonds. The Morgan fingerprint density at radius 3 is 2.30 bits per heavy atom. The second-order valence-corrected chi connectivity index (χ2v) is 8.88. The molecule has 0 fully saturated rings. The van der Waals surface area contributed by atoms with Crippen LogP contribution >= 0.6 is 0 Å². The zero-order valence-corrected chi connectivity index (χ0v) is 17.0. The maximum absolute atomic E-state index is 9.68. The number of nitrogens with zero attached hydrogens (tertiary/aromatic N) is 5. The molecule has 0 bridgehead atoms. The van der Waals surface area contributed by atoms with Gasteiger partial charge in [-0.2, -0.15) is 10.4 Å². The lowest BCUT2D eigenvalue weighted by Gasteiger charge is -2.17. The molecule has 0 aliphatic carbocycles. The molecule has 2 heterocycles. The molecule has 0 atom stereocenters. The van der Waals surface area contributed by atoms with Crippen LogP contribution in [0.3, 0.4) is 0 Å². The van der Waals surface area contributed by atoms with Crippen LogP contribution < -0.4 is 0 Å². The number of aromatic amines is 1. The summed E-state index contributed by atoms with van der Waals surface area (Å²) >= 11 is 0. The minimum Gasteiger partial charge on any atom is -0.356 e. The van der Waals surface area contributed by atoms with Gasteiger partial charge < -0.3 is 4.98 Å². The lowest BCUT2D eigenvalue weighted by atomic mass is 9.90. The number of nitriles is 1. The van der Waals surface area contributed by atoms with Crippen molar-refractivity contribution >= 4 is 22.4 Å². The Morgan fingerprint density at radius 2 is 1.70 bits per heavy atom. The standard InChI is InChI=1S/C21H26N6/c1-20(2,3)17-14(12-22)19(27(7)26-17)25-24-16-13-10-8-9-11-15(13)23-18(16)21(4,5)6/h8-11,23H,1-7H3. The summed E-state index contributed by atoms with van der Waals surface area (Å²) in [6, 6.07) is 10.3. The number of fused-ring (bicyclic) bond motifs is 1. The minimum atomic E-state index is -0.242. The first-order valence-electron chi connectivity index (χ1n) is 9.04. The lowest BCUT2D eigenvalue weighted by Crippen LogP contribution is -2.14. The quantitative estimate of drug-likeness (QED) is 0.586. The summed E-state index contributed by atoms with van der Waals surface area (Å²) < 4.78 is 1.63. The van der Waals surface area contributed by atoms with Gasteiger partial charge in [0, 0.05) is 34.5 Å². The fourth-order valence-electron chi connectivity index (χ4n) is 3.13. The molecule has 0 saturated heterocycles. The Bertz CT molecular complexity index is 1060. The number of rotatable bonds is 2. The van der Waals surface area contributed by atoms with Crippen molar-refractivity contribution in [3.05, 3.63) is 41.2 Å². The van der Waals surface area contributed by atoms with Crippen LogP contribution in [0.5, 0.6) is 0 Å². The van der Waals surface area contributed by atoms with Crippen molar-refractivity contribution in [3.63, 3.8) is 0 Å². The average molecular weight is 362 g/mol. The number of H-pyrrole nitrogens is 1. The molecule has 27 heavy (non-hydrogen) atoms. The van der Waals surface area contributed by atoms with Gasteiger partial charge in [0.2, 0.25) is 0 Å². The number of hydrogen-bond acceptors (Lipinski definition) is 4. The number of hydrogen-bond donors (Lipinski definition) is 1. The largest absolute Gasteiger partial charge is 0.356 e. The molecule has 2 aromatic heterocycles. The summed E-state index contributed by atoms with van der Waals surface area (Å²) in [6.45, 7) is 12.5. The van der Waals surface area contributed by atoms with Crippen LogP contribution in [-0.2, 0) is 17.9 Å². The van der Waals surface area contributed by atoms with E-state index in [1.165, 1.54) is 0 Å². The van der Waals surface area contributed by atoms with Gasteiger partial charge in [-0.15, -0.1) is 10.2 Å². The van der Waals surface area contributed by atoms with Crippen molar-refractivity contribution in [2.45, 2.75) is 52.4 Å². The summed E-state index contributed by atoms with van der Waals surface area (Å²) in [4.78, 5) is 3.47. The summed E-state index contributed by atoms with van der Waals surface area (Å²) in [5.41, 5.74) is 3.70. The molecular weight excluding hydrogens is 336 g/mol. The topological polar surface area (TPSA) is 82.1 Å². The monoisotopic (exact) mass is 362 g/mol. The van der Waals surface area contributed by atoms with Gasteiger partial charge in [-0.3, -0.25) is 0 Å². The van der Waals surface area contributed by atoms with Gasteiger partial charge in [0.15, 0.2) is 5.82 Å². The number of aryl methyl sites for hydroxylation is 1. The lowest BCUT2D eigenvalue weighted by molar-refractivity contribution is 0.552. The normalized spacial score (nSPS) is 12.8. The van der Waals surface area contributed by atoms with Crippen molar-refractivity contribution in [1.29, 1.82) is 5.26 Å². The Labute approximate surface area is 159 Å². The van der Waals surface area contributed by atoms with Crippen LogP contribution in [0, 0.1) is 11.3 Å². The molecule has 0 saturated carbocycles. The van der Waals surface area contributed by atoms with Gasteiger partial charge in [0.25, 0.3) is 0 Å². The average Bonchev–Trinajstić information content (AvgIpc) is 3.10. The van der Waals surface area contributed by atoms with Crippen LogP contribution in [0.15, 0.2) is 34.5 Å². The molecule has 3 rings (SSSR count). The van der Waals surface area contributed by atoms with Crippen molar-refractivity contribution in [1.82, 2.24) is 14.8 Å². The SMILES string of the molecule is Cn1nc(C(C)(C)C)c(C#N)c1N=Nc1c(C(C)(C)C)[nH]c2ccccc12. The highest BCUT2D eigenvalue weighted by Gasteiger charge is 2.27. The van der Waals surface area contributed by atoms with E-state index in [2.05, 4.69) is 47.2 Å². The van der Waals surface area contributed by atoms with E-state index in [9.17, 15) is 5.26 Å². The molecule has 0 unspecified atom stereocenters. The van der Waals surface area contributed by atoms with Crippen LogP contribution in [0.1, 0.15) is 58.5 Å². The maximum atomic E-state index is 9.68. The van der Waals surface area contributed by atoms with Crippen LogP contribution in [0.2, 0.25) is 0 Å². The Kier molecular flexibility index (Phi) is 4.43. The van der Waals surface area contributed by atoms with Crippen molar-refractivity contribution in [3.8, 4) is 6.07 Å². The smallest absolute Gasteiger partial charge is 0.191 e. The molecule has 140 valence electrons. The van der Waals surface area contributed by atoms with E-state index >= 15 is 0 Å². The van der Waals surface area contributed by atoms with Gasteiger partial charge in [-0.05, 0) is 6.07 Å². The van der Waals surface area contributed by atoms with Gasteiger partial charge >= 0.3 is 0 Å². The number of nitrogens with one attached hydrogen (secondary N) is 1. The van der Waals surface area contributed by atoms with E-state index in [0.717, 1.165) is 28.0 Å². The molecule has 6 nitrogen and oxygen atoms in total. The minimum absolute atomic E-state index is 0.117. The predicted octanol–water partition coefficient (Wildman–Crippen LogP) is 5.78. The summed E-state index contributed by atoms with van der Waals surface area (Å²) in [5.74, 6) is 0.479. The predicted molar refractivity (Wildman–Crippen MR) is 108 cm³/mol. The first-order chi connectivity index (χ1) is 12.5. The van der Waals surface area contributed by atoms with E-state index in [-0.39, 0.29) is 10.8 Å². The van der Waals surface area contributed by atoms with Gasteiger partial charge in [-0.25, -0.2) is 4.68 Å². The molecule has 6 heteroatoms. The number of aromatic nitrogens is 3. The number of para-hydroxylation sites is 1. The highest BCUT2D eigenvalue weighted by atomic mass is 15.3. The molecule has 0 radical (unpaired) electrons. The molecule has 3 aromatic rings. The summed E-state index contributed by atoms with van der Waals surface area (Å²) in [6.07, 6.45) is 0. The first-order valence-corrected chi connectivity index (χ1v) is 9.04. The molecule has 0 spiro atoms. The Hall–Kier alpha value is -2.94. The van der Waals surface area contributed by atoms with Gasteiger partial charge in [0.05, 0.1) is 5.69 Å². The molecule has 1 N–H and O–H groups in total. The van der Waals surface area contributed by atoms with Crippen LogP contribution in [0.25, 0.3) is 10.9 Å². The third kappa shape index (κ3) is 3.37. The third-order valence-electron chi connectivity index (χ3n) is 4.51. The molecular formula is C21H26N6. The maximum Gasteiger partial charge on any atom is 0.191 e. The Balaban J connectivity index is 2.19. The highest BCUT2D eigenvalue weighted by molar-refractivity contribution is 5.93.